The van der Waals surface area contributed by atoms with E-state index in [0.717, 1.165) is 0 Å². The second kappa shape index (κ2) is 4.23. The molecule has 17 heavy (non-hydrogen) atoms. The lowest BCUT2D eigenvalue weighted by Crippen LogP contribution is -2.06. The minimum Gasteiger partial charge on any atom is -0.478 e. The Bertz CT molecular complexity index is 629. The quantitative estimate of drug-likeness (QED) is 0.869. The van der Waals surface area contributed by atoms with Crippen molar-refractivity contribution in [3.8, 4) is 11.8 Å². The third-order valence-electron chi connectivity index (χ3n) is 2.03. The van der Waals surface area contributed by atoms with Crippen LogP contribution in [0.1, 0.15) is 16.2 Å². The Kier molecular flexibility index (Phi) is 2.77. The Labute approximate surface area is 101 Å². The van der Waals surface area contributed by atoms with Crippen molar-refractivity contribution < 1.29 is 9.90 Å². The molecular weight excluding hydrogens is 244 g/mol. The lowest BCUT2D eigenvalue weighted by atomic mass is 10.2. The largest absolute Gasteiger partial charge is 0.478 e. The van der Waals surface area contributed by atoms with Crippen LogP contribution in [-0.4, -0.2) is 25.8 Å². The van der Waals surface area contributed by atoms with Gasteiger partial charge in [0.05, 0.1) is 11.3 Å². The number of aromatic nitrogens is 3. The highest BCUT2D eigenvalue weighted by atomic mass is 35.5. The number of hydrogen-bond donors (Lipinski definition) is 1. The molecule has 0 aliphatic heterocycles. The summed E-state index contributed by atoms with van der Waals surface area (Å²) in [7, 11) is 0. The van der Waals surface area contributed by atoms with Gasteiger partial charge in [-0.1, -0.05) is 11.6 Å². The molecule has 0 spiro atoms. The minimum absolute atomic E-state index is 0.00751. The second-order valence-corrected chi connectivity index (χ2v) is 3.53. The number of aromatic carboxylic acids is 1. The van der Waals surface area contributed by atoms with Gasteiger partial charge in [-0.3, -0.25) is 0 Å². The molecule has 1 aromatic carbocycles. The van der Waals surface area contributed by atoms with Gasteiger partial charge in [-0.15, -0.1) is 5.10 Å². The molecule has 6 nitrogen and oxygen atoms in total. The smallest absolute Gasteiger partial charge is 0.337 e. The molecule has 2 rings (SSSR count). The highest BCUT2D eigenvalue weighted by molar-refractivity contribution is 6.31. The molecule has 0 unspecified atom stereocenters. The van der Waals surface area contributed by atoms with E-state index >= 15 is 0 Å². The lowest BCUT2D eigenvalue weighted by Gasteiger charge is -2.05. The Hall–Kier alpha value is -2.39. The topological polar surface area (TPSA) is 91.8 Å². The molecule has 1 heterocycles. The number of carbonyl (C=O) groups is 1. The molecule has 7 heteroatoms. The zero-order valence-corrected chi connectivity index (χ0v) is 9.09. The summed E-state index contributed by atoms with van der Waals surface area (Å²) in [4.78, 5) is 14.7. The van der Waals surface area contributed by atoms with E-state index in [1.165, 1.54) is 29.2 Å². The van der Waals surface area contributed by atoms with Gasteiger partial charge in [0.25, 0.3) is 5.82 Å². The van der Waals surface area contributed by atoms with E-state index < -0.39 is 5.97 Å². The van der Waals surface area contributed by atoms with Crippen molar-refractivity contribution in [1.29, 1.82) is 5.26 Å². The van der Waals surface area contributed by atoms with Gasteiger partial charge >= 0.3 is 5.97 Å². The number of nitriles is 1. The number of benzene rings is 1. The Morgan fingerprint density at radius 1 is 1.53 bits per heavy atom. The SMILES string of the molecule is N#Cc1ncn(-c2ccc(Cl)cc2C(=O)O)n1. The summed E-state index contributed by atoms with van der Waals surface area (Å²) in [6.45, 7) is 0. The predicted octanol–water partition coefficient (Wildman–Crippen LogP) is 1.49. The number of hydrogen-bond acceptors (Lipinski definition) is 4. The first-order valence-electron chi connectivity index (χ1n) is 4.47. The van der Waals surface area contributed by atoms with Gasteiger partial charge in [-0.2, -0.15) is 5.26 Å². The zero-order valence-electron chi connectivity index (χ0n) is 8.33. The summed E-state index contributed by atoms with van der Waals surface area (Å²) in [5.41, 5.74) is 0.294. The van der Waals surface area contributed by atoms with E-state index in [4.69, 9.17) is 22.0 Å². The van der Waals surface area contributed by atoms with Gasteiger partial charge in [0.2, 0.25) is 0 Å². The average Bonchev–Trinajstić information content (AvgIpc) is 2.77. The fraction of sp³-hybridized carbons (Fsp3) is 0. The maximum absolute atomic E-state index is 11.0. The van der Waals surface area contributed by atoms with E-state index in [1.54, 1.807) is 6.07 Å². The predicted molar refractivity (Wildman–Crippen MR) is 58.0 cm³/mol. The molecule has 0 radical (unpaired) electrons. The highest BCUT2D eigenvalue weighted by Gasteiger charge is 2.13. The van der Waals surface area contributed by atoms with Crippen LogP contribution in [0.15, 0.2) is 24.5 Å². The molecule has 1 N–H and O–H groups in total. The van der Waals surface area contributed by atoms with Gasteiger partial charge in [-0.25, -0.2) is 14.5 Å². The van der Waals surface area contributed by atoms with E-state index in [2.05, 4.69) is 10.1 Å². The maximum atomic E-state index is 11.0. The van der Waals surface area contributed by atoms with E-state index in [-0.39, 0.29) is 11.4 Å². The zero-order chi connectivity index (χ0) is 12.4. The maximum Gasteiger partial charge on any atom is 0.337 e. The third kappa shape index (κ3) is 2.09. The number of rotatable bonds is 2. The molecule has 0 aliphatic carbocycles. The van der Waals surface area contributed by atoms with Crippen LogP contribution in [0.25, 0.3) is 5.69 Å². The number of halogens is 1. The van der Waals surface area contributed by atoms with Crippen molar-refractivity contribution >= 4 is 17.6 Å². The van der Waals surface area contributed by atoms with E-state index in [0.29, 0.717) is 10.7 Å². The molecular formula is C10H5ClN4O2. The lowest BCUT2D eigenvalue weighted by molar-refractivity contribution is 0.0696. The molecule has 0 bridgehead atoms. The first-order chi connectivity index (χ1) is 8.11. The van der Waals surface area contributed by atoms with Crippen LogP contribution in [0.3, 0.4) is 0 Å². The molecule has 0 atom stereocenters. The standard InChI is InChI=1S/C10H5ClN4O2/c11-6-1-2-8(7(3-6)10(16)17)15-5-13-9(4-12)14-15/h1-3,5H,(H,16,17). The molecule has 0 saturated heterocycles. The van der Waals surface area contributed by atoms with Crippen molar-refractivity contribution in [2.45, 2.75) is 0 Å². The molecule has 0 saturated carbocycles. The van der Waals surface area contributed by atoms with Crippen molar-refractivity contribution in [3.63, 3.8) is 0 Å². The van der Waals surface area contributed by atoms with Crippen LogP contribution in [0, 0.1) is 11.3 Å². The molecule has 1 aromatic heterocycles. The van der Waals surface area contributed by atoms with E-state index in [1.807, 2.05) is 0 Å². The van der Waals surface area contributed by atoms with Gasteiger partial charge < -0.3 is 5.11 Å². The van der Waals surface area contributed by atoms with Crippen molar-refractivity contribution in [2.75, 3.05) is 0 Å². The Morgan fingerprint density at radius 3 is 2.88 bits per heavy atom. The van der Waals surface area contributed by atoms with Crippen LogP contribution in [0.2, 0.25) is 5.02 Å². The fourth-order valence-corrected chi connectivity index (χ4v) is 1.48. The molecule has 0 aliphatic rings. The number of carboxylic acids is 1. The average molecular weight is 249 g/mol. The highest BCUT2D eigenvalue weighted by Crippen LogP contribution is 2.19. The minimum atomic E-state index is -1.13. The van der Waals surface area contributed by atoms with Crippen molar-refractivity contribution in [3.05, 3.63) is 40.9 Å². The van der Waals surface area contributed by atoms with Crippen LogP contribution in [0.5, 0.6) is 0 Å². The number of nitrogens with zero attached hydrogens (tertiary/aromatic N) is 4. The monoisotopic (exact) mass is 248 g/mol. The van der Waals surface area contributed by atoms with Crippen molar-refractivity contribution in [1.82, 2.24) is 14.8 Å². The summed E-state index contributed by atoms with van der Waals surface area (Å²) >= 11 is 5.72. The van der Waals surface area contributed by atoms with Gasteiger partial charge in [0.15, 0.2) is 0 Å². The molecule has 2 aromatic rings. The first-order valence-corrected chi connectivity index (χ1v) is 4.84. The normalized spacial score (nSPS) is 9.88. The van der Waals surface area contributed by atoms with Gasteiger partial charge in [0.1, 0.15) is 12.4 Å². The van der Waals surface area contributed by atoms with Crippen LogP contribution in [0.4, 0.5) is 0 Å². The van der Waals surface area contributed by atoms with Crippen LogP contribution < -0.4 is 0 Å². The summed E-state index contributed by atoms with van der Waals surface area (Å²) in [6.07, 6.45) is 1.27. The molecule has 0 amide bonds. The van der Waals surface area contributed by atoms with Gasteiger partial charge in [0, 0.05) is 5.02 Å². The van der Waals surface area contributed by atoms with Crippen LogP contribution >= 0.6 is 11.6 Å². The Morgan fingerprint density at radius 2 is 2.29 bits per heavy atom. The van der Waals surface area contributed by atoms with E-state index in [9.17, 15) is 4.79 Å². The first kappa shape index (κ1) is 11.1. The molecule has 0 fully saturated rings. The van der Waals surface area contributed by atoms with Crippen LogP contribution in [-0.2, 0) is 0 Å². The Balaban J connectivity index is 2.59. The molecule has 84 valence electrons. The fourth-order valence-electron chi connectivity index (χ4n) is 1.31. The summed E-state index contributed by atoms with van der Waals surface area (Å²) in [5, 5.41) is 21.7. The second-order valence-electron chi connectivity index (χ2n) is 3.09. The summed E-state index contributed by atoms with van der Waals surface area (Å²) in [6, 6.07) is 6.11. The summed E-state index contributed by atoms with van der Waals surface area (Å²) < 4.78 is 1.22. The third-order valence-corrected chi connectivity index (χ3v) is 2.26. The van der Waals surface area contributed by atoms with Gasteiger partial charge in [-0.05, 0) is 18.2 Å². The summed E-state index contributed by atoms with van der Waals surface area (Å²) in [5.74, 6) is -1.16. The number of carboxylic acid groups (broad SMARTS) is 1. The van der Waals surface area contributed by atoms with Crippen molar-refractivity contribution in [2.24, 2.45) is 0 Å².